The van der Waals surface area contributed by atoms with Gasteiger partial charge >= 0.3 is 13.8 Å². The molecule has 0 aliphatic rings. The highest BCUT2D eigenvalue weighted by Gasteiger charge is 2.32. The van der Waals surface area contributed by atoms with E-state index < -0.39 is 7.80 Å². The molecule has 0 heterocycles. The molecule has 3 unspecified atom stereocenters. The molecule has 0 fully saturated rings. The monoisotopic (exact) mass is 319 g/mol. The van der Waals surface area contributed by atoms with E-state index in [9.17, 15) is 9.36 Å². The molecule has 124 valence electrons. The molecule has 0 N–H and O–H groups in total. The van der Waals surface area contributed by atoms with Gasteiger partial charge in [0.1, 0.15) is 0 Å². The lowest BCUT2D eigenvalue weighted by Gasteiger charge is -2.10. The molecule has 5 heteroatoms. The summed E-state index contributed by atoms with van der Waals surface area (Å²) in [6, 6.07) is 0. The van der Waals surface area contributed by atoms with Gasteiger partial charge in [0, 0.05) is 6.92 Å². The number of esters is 1. The van der Waals surface area contributed by atoms with Crippen molar-refractivity contribution < 1.29 is 18.8 Å². The van der Waals surface area contributed by atoms with E-state index >= 15 is 0 Å². The molecule has 0 aromatic carbocycles. The average molecular weight is 319 g/mol. The SMILES string of the molecule is CC(C)CCOC(=O)C(C)C[P+](=O)C(C)OCCC(C)C. The number of hydrogen-bond donors (Lipinski definition) is 0. The maximum absolute atomic E-state index is 12.1. The van der Waals surface area contributed by atoms with Crippen molar-refractivity contribution in [3.8, 4) is 0 Å². The van der Waals surface area contributed by atoms with Crippen LogP contribution >= 0.6 is 7.80 Å². The minimum Gasteiger partial charge on any atom is -0.465 e. The highest BCUT2D eigenvalue weighted by molar-refractivity contribution is 7.45. The number of carbonyl (C=O) groups excluding carboxylic acids is 1. The van der Waals surface area contributed by atoms with Crippen LogP contribution in [-0.4, -0.2) is 31.2 Å². The molecule has 0 amide bonds. The predicted molar refractivity (Wildman–Crippen MR) is 86.9 cm³/mol. The van der Waals surface area contributed by atoms with Gasteiger partial charge < -0.3 is 9.47 Å². The van der Waals surface area contributed by atoms with Gasteiger partial charge in [-0.2, -0.15) is 0 Å². The van der Waals surface area contributed by atoms with Crippen molar-refractivity contribution in [2.45, 2.75) is 60.2 Å². The first-order valence-corrected chi connectivity index (χ1v) is 9.47. The smallest absolute Gasteiger partial charge is 0.370 e. The molecule has 0 aliphatic carbocycles. The molecule has 0 bridgehead atoms. The zero-order chi connectivity index (χ0) is 16.4. The average Bonchev–Trinajstić information content (AvgIpc) is 2.37. The van der Waals surface area contributed by atoms with Crippen molar-refractivity contribution in [2.75, 3.05) is 19.4 Å². The number of hydrogen-bond acceptors (Lipinski definition) is 4. The van der Waals surface area contributed by atoms with Crippen LogP contribution < -0.4 is 0 Å². The third kappa shape index (κ3) is 10.8. The fourth-order valence-electron chi connectivity index (χ4n) is 1.59. The summed E-state index contributed by atoms with van der Waals surface area (Å²) in [5.74, 6) is 0.194. The first kappa shape index (κ1) is 20.5. The van der Waals surface area contributed by atoms with Crippen molar-refractivity contribution >= 4 is 13.8 Å². The molecule has 0 spiro atoms. The second-order valence-electron chi connectivity index (χ2n) is 6.50. The van der Waals surface area contributed by atoms with Crippen molar-refractivity contribution in [3.05, 3.63) is 0 Å². The molecular weight excluding hydrogens is 287 g/mol. The van der Waals surface area contributed by atoms with Crippen LogP contribution in [0.5, 0.6) is 0 Å². The van der Waals surface area contributed by atoms with Gasteiger partial charge in [-0.15, -0.1) is 0 Å². The molecule has 0 aromatic rings. The molecule has 0 saturated carbocycles. The second-order valence-corrected chi connectivity index (χ2v) is 8.43. The molecule has 0 radical (unpaired) electrons. The Labute approximate surface area is 130 Å². The minimum atomic E-state index is -1.55. The summed E-state index contributed by atoms with van der Waals surface area (Å²) in [4.78, 5) is 11.8. The summed E-state index contributed by atoms with van der Waals surface area (Å²) >= 11 is 0. The Kier molecular flexibility index (Phi) is 10.9. The van der Waals surface area contributed by atoms with Crippen molar-refractivity contribution in [1.82, 2.24) is 0 Å². The van der Waals surface area contributed by atoms with Gasteiger partial charge in [0.25, 0.3) is 5.85 Å². The van der Waals surface area contributed by atoms with Crippen LogP contribution in [0.3, 0.4) is 0 Å². The van der Waals surface area contributed by atoms with Gasteiger partial charge in [-0.25, -0.2) is 0 Å². The summed E-state index contributed by atoms with van der Waals surface area (Å²) in [7, 11) is -1.55. The van der Waals surface area contributed by atoms with Gasteiger partial charge in [-0.1, -0.05) is 32.3 Å². The summed E-state index contributed by atoms with van der Waals surface area (Å²) in [5, 5.41) is 0. The maximum atomic E-state index is 12.1. The lowest BCUT2D eigenvalue weighted by Crippen LogP contribution is -2.20. The van der Waals surface area contributed by atoms with E-state index in [-0.39, 0.29) is 17.7 Å². The zero-order valence-corrected chi connectivity index (χ0v) is 15.3. The van der Waals surface area contributed by atoms with Gasteiger partial charge in [0.05, 0.1) is 19.1 Å². The Bertz CT molecular complexity index is 315. The van der Waals surface area contributed by atoms with E-state index in [0.717, 1.165) is 12.8 Å². The van der Waals surface area contributed by atoms with Crippen molar-refractivity contribution in [1.29, 1.82) is 0 Å². The number of ether oxygens (including phenoxy) is 2. The van der Waals surface area contributed by atoms with E-state index in [1.165, 1.54) is 0 Å². The second kappa shape index (κ2) is 11.1. The zero-order valence-electron chi connectivity index (χ0n) is 14.4. The first-order valence-electron chi connectivity index (χ1n) is 7.96. The Morgan fingerprint density at radius 2 is 1.48 bits per heavy atom. The third-order valence-corrected chi connectivity index (χ3v) is 5.12. The van der Waals surface area contributed by atoms with Crippen molar-refractivity contribution in [3.63, 3.8) is 0 Å². The summed E-state index contributed by atoms with van der Waals surface area (Å²) in [6.45, 7) is 13.1. The Morgan fingerprint density at radius 3 is 2.00 bits per heavy atom. The highest BCUT2D eigenvalue weighted by atomic mass is 31.1. The van der Waals surface area contributed by atoms with E-state index in [1.807, 2.05) is 6.92 Å². The summed E-state index contributed by atoms with van der Waals surface area (Å²) in [6.07, 6.45) is 2.15. The molecule has 0 rings (SSSR count). The molecule has 4 nitrogen and oxygen atoms in total. The number of carbonyl (C=O) groups is 1. The van der Waals surface area contributed by atoms with Crippen LogP contribution in [0.4, 0.5) is 0 Å². The standard InChI is InChI=1S/C16H32O4P/c1-12(2)7-9-19-15(6)21(18)11-14(5)16(17)20-10-8-13(3)4/h12-15H,7-11H2,1-6H3/q+1. The Morgan fingerprint density at radius 1 is 0.952 bits per heavy atom. The fourth-order valence-corrected chi connectivity index (χ4v) is 2.85. The normalized spacial score (nSPS) is 15.1. The Balaban J connectivity index is 3.98. The maximum Gasteiger partial charge on any atom is 0.370 e. The van der Waals surface area contributed by atoms with Crippen molar-refractivity contribution in [2.24, 2.45) is 17.8 Å². The predicted octanol–water partition coefficient (Wildman–Crippen LogP) is 4.45. The molecule has 0 aliphatic heterocycles. The first-order chi connectivity index (χ1) is 9.73. The topological polar surface area (TPSA) is 52.6 Å². The van der Waals surface area contributed by atoms with Crippen LogP contribution in [0.1, 0.15) is 54.4 Å². The fraction of sp³-hybridized carbons (Fsp3) is 0.938. The van der Waals surface area contributed by atoms with E-state index in [0.29, 0.717) is 31.2 Å². The third-order valence-electron chi connectivity index (χ3n) is 3.26. The molecule has 0 saturated heterocycles. The quantitative estimate of drug-likeness (QED) is 0.417. The van der Waals surface area contributed by atoms with Gasteiger partial charge in [-0.05, 0) is 31.6 Å². The van der Waals surface area contributed by atoms with Gasteiger partial charge in [-0.3, -0.25) is 4.79 Å². The van der Waals surface area contributed by atoms with Crippen LogP contribution in [0.2, 0.25) is 0 Å². The molecule has 0 aromatic heterocycles. The van der Waals surface area contributed by atoms with E-state index in [4.69, 9.17) is 9.47 Å². The molecular formula is C16H32O4P+. The van der Waals surface area contributed by atoms with Gasteiger partial charge in [0.15, 0.2) is 6.16 Å². The highest BCUT2D eigenvalue weighted by Crippen LogP contribution is 2.31. The van der Waals surface area contributed by atoms with Crippen LogP contribution in [0.25, 0.3) is 0 Å². The minimum absolute atomic E-state index is 0.256. The van der Waals surface area contributed by atoms with Crippen LogP contribution in [0, 0.1) is 17.8 Å². The Hall–Kier alpha value is -0.470. The molecule has 3 atom stereocenters. The largest absolute Gasteiger partial charge is 0.465 e. The number of rotatable bonds is 11. The molecule has 21 heavy (non-hydrogen) atoms. The van der Waals surface area contributed by atoms with Crippen LogP contribution in [0.15, 0.2) is 0 Å². The summed E-state index contributed by atoms with van der Waals surface area (Å²) in [5.41, 5.74) is 0. The van der Waals surface area contributed by atoms with Crippen LogP contribution in [-0.2, 0) is 18.8 Å². The summed E-state index contributed by atoms with van der Waals surface area (Å²) < 4.78 is 22.9. The lowest BCUT2D eigenvalue weighted by molar-refractivity contribution is -0.147. The lowest BCUT2D eigenvalue weighted by atomic mass is 10.1. The van der Waals surface area contributed by atoms with E-state index in [2.05, 4.69) is 27.7 Å². The van der Waals surface area contributed by atoms with Gasteiger partial charge in [0.2, 0.25) is 0 Å². The van der Waals surface area contributed by atoms with E-state index in [1.54, 1.807) is 6.92 Å².